The molecule has 19 heavy (non-hydrogen) atoms. The Morgan fingerprint density at radius 3 is 2.68 bits per heavy atom. The van der Waals surface area contributed by atoms with Gasteiger partial charge in [-0.2, -0.15) is 0 Å². The maximum absolute atomic E-state index is 10.3. The fourth-order valence-corrected chi connectivity index (χ4v) is 2.69. The Morgan fingerprint density at radius 1 is 1.32 bits per heavy atom. The zero-order valence-electron chi connectivity index (χ0n) is 11.3. The highest BCUT2D eigenvalue weighted by molar-refractivity contribution is 5.24. The zero-order valence-corrected chi connectivity index (χ0v) is 11.3. The summed E-state index contributed by atoms with van der Waals surface area (Å²) in [6, 6.07) is 7.82. The molecule has 2 atom stereocenters. The number of piperidine rings is 1. The molecule has 1 aliphatic rings. The number of benzene rings is 1. The predicted octanol–water partition coefficient (Wildman–Crippen LogP) is 0.883. The highest BCUT2D eigenvalue weighted by atomic mass is 16.3. The molecule has 1 aromatic rings. The Bertz CT molecular complexity index is 380. The molecule has 1 aromatic carbocycles. The molecule has 0 amide bonds. The summed E-state index contributed by atoms with van der Waals surface area (Å²) in [4.78, 5) is 2.24. The van der Waals surface area contributed by atoms with Crippen LogP contribution in [-0.2, 0) is 6.54 Å². The highest BCUT2D eigenvalue weighted by Crippen LogP contribution is 2.20. The topological polar surface area (TPSA) is 69.7 Å². The molecule has 1 heterocycles. The number of hydrogen-bond donors (Lipinski definition) is 3. The van der Waals surface area contributed by atoms with E-state index >= 15 is 0 Å². The van der Waals surface area contributed by atoms with E-state index in [9.17, 15) is 10.2 Å². The van der Waals surface area contributed by atoms with E-state index in [1.165, 1.54) is 0 Å². The number of β-amino-alcohol motifs (C(OH)–C–C–N with tert-alkyl or cyclic N) is 1. The summed E-state index contributed by atoms with van der Waals surface area (Å²) in [6.07, 6.45) is 1.72. The van der Waals surface area contributed by atoms with E-state index in [-0.39, 0.29) is 6.61 Å². The third kappa shape index (κ3) is 4.01. The van der Waals surface area contributed by atoms with E-state index in [1.54, 1.807) is 0 Å². The third-order valence-electron chi connectivity index (χ3n) is 3.89. The summed E-state index contributed by atoms with van der Waals surface area (Å²) < 4.78 is 0. The van der Waals surface area contributed by atoms with Gasteiger partial charge in [0.15, 0.2) is 0 Å². The second-order valence-corrected chi connectivity index (χ2v) is 5.41. The molecule has 2 unspecified atom stereocenters. The molecule has 4 N–H and O–H groups in total. The predicted molar refractivity (Wildman–Crippen MR) is 75.5 cm³/mol. The number of hydrogen-bond acceptors (Lipinski definition) is 4. The van der Waals surface area contributed by atoms with E-state index in [2.05, 4.69) is 4.90 Å². The van der Waals surface area contributed by atoms with Crippen LogP contribution in [0.2, 0.25) is 0 Å². The Hall–Kier alpha value is -0.940. The molecule has 1 aliphatic heterocycles. The number of nitrogens with zero attached hydrogens (tertiary/aromatic N) is 1. The summed E-state index contributed by atoms with van der Waals surface area (Å²) in [5.74, 6) is 0.362. The normalized spacial score (nSPS) is 22.4. The van der Waals surface area contributed by atoms with Crippen molar-refractivity contribution in [2.45, 2.75) is 25.5 Å². The number of rotatable bonds is 5. The third-order valence-corrected chi connectivity index (χ3v) is 3.89. The molecule has 1 saturated heterocycles. The van der Waals surface area contributed by atoms with Crippen LogP contribution in [0.5, 0.6) is 0 Å². The Labute approximate surface area is 114 Å². The maximum atomic E-state index is 10.3. The zero-order chi connectivity index (χ0) is 13.7. The average Bonchev–Trinajstić information content (AvgIpc) is 2.47. The van der Waals surface area contributed by atoms with Gasteiger partial charge in [0.05, 0.1) is 6.10 Å². The van der Waals surface area contributed by atoms with Crippen molar-refractivity contribution in [3.63, 3.8) is 0 Å². The Balaban J connectivity index is 1.90. The van der Waals surface area contributed by atoms with Crippen molar-refractivity contribution in [2.24, 2.45) is 11.7 Å². The molecule has 0 radical (unpaired) electrons. The van der Waals surface area contributed by atoms with Crippen molar-refractivity contribution in [1.29, 1.82) is 0 Å². The SMILES string of the molecule is NCc1ccc(C(O)CN2CCCC(CO)C2)cc1. The van der Waals surface area contributed by atoms with E-state index < -0.39 is 6.10 Å². The fourth-order valence-electron chi connectivity index (χ4n) is 2.69. The van der Waals surface area contributed by atoms with Gasteiger partial charge in [-0.05, 0) is 36.4 Å². The molecule has 1 fully saturated rings. The molecular formula is C15H24N2O2. The molecular weight excluding hydrogens is 240 g/mol. The second-order valence-electron chi connectivity index (χ2n) is 5.41. The molecule has 4 heteroatoms. The second kappa shape index (κ2) is 7.01. The van der Waals surface area contributed by atoms with Crippen LogP contribution < -0.4 is 5.73 Å². The fraction of sp³-hybridized carbons (Fsp3) is 0.600. The van der Waals surface area contributed by atoms with Crippen LogP contribution in [0.3, 0.4) is 0 Å². The van der Waals surface area contributed by atoms with Crippen molar-refractivity contribution in [3.05, 3.63) is 35.4 Å². The summed E-state index contributed by atoms with van der Waals surface area (Å²) >= 11 is 0. The first-order valence-corrected chi connectivity index (χ1v) is 7.03. The Kier molecular flexibility index (Phi) is 5.34. The Morgan fingerprint density at radius 2 is 2.05 bits per heavy atom. The lowest BCUT2D eigenvalue weighted by Gasteiger charge is -2.33. The molecule has 106 valence electrons. The van der Waals surface area contributed by atoms with Crippen molar-refractivity contribution >= 4 is 0 Å². The van der Waals surface area contributed by atoms with Gasteiger partial charge in [0, 0.05) is 26.2 Å². The minimum Gasteiger partial charge on any atom is -0.396 e. The van der Waals surface area contributed by atoms with Crippen LogP contribution in [0.15, 0.2) is 24.3 Å². The molecule has 0 bridgehead atoms. The van der Waals surface area contributed by atoms with E-state index in [0.717, 1.165) is 37.1 Å². The van der Waals surface area contributed by atoms with E-state index in [1.807, 2.05) is 24.3 Å². The van der Waals surface area contributed by atoms with Crippen molar-refractivity contribution in [3.8, 4) is 0 Å². The number of aliphatic hydroxyl groups excluding tert-OH is 2. The molecule has 0 saturated carbocycles. The lowest BCUT2D eigenvalue weighted by molar-refractivity contribution is 0.0677. The molecule has 2 rings (SSSR count). The number of nitrogens with two attached hydrogens (primary N) is 1. The molecule has 0 spiro atoms. The first-order chi connectivity index (χ1) is 9.22. The van der Waals surface area contributed by atoms with Gasteiger partial charge >= 0.3 is 0 Å². The first kappa shape index (κ1) is 14.5. The highest BCUT2D eigenvalue weighted by Gasteiger charge is 2.21. The van der Waals surface area contributed by atoms with Crippen LogP contribution in [0.4, 0.5) is 0 Å². The molecule has 0 aromatic heterocycles. The summed E-state index contributed by atoms with van der Waals surface area (Å²) in [7, 11) is 0. The number of likely N-dealkylation sites (tertiary alicyclic amines) is 1. The van der Waals surface area contributed by atoms with Gasteiger partial charge in [-0.25, -0.2) is 0 Å². The summed E-state index contributed by atoms with van der Waals surface area (Å²) in [5.41, 5.74) is 7.57. The number of aliphatic hydroxyl groups is 2. The quantitative estimate of drug-likeness (QED) is 0.738. The smallest absolute Gasteiger partial charge is 0.0916 e. The lowest BCUT2D eigenvalue weighted by atomic mass is 9.98. The minimum atomic E-state index is -0.468. The van der Waals surface area contributed by atoms with Gasteiger partial charge in [-0.15, -0.1) is 0 Å². The van der Waals surface area contributed by atoms with Crippen LogP contribution in [-0.4, -0.2) is 41.4 Å². The summed E-state index contributed by atoms with van der Waals surface area (Å²) in [5, 5.41) is 19.5. The molecule has 0 aliphatic carbocycles. The largest absolute Gasteiger partial charge is 0.396 e. The van der Waals surface area contributed by atoms with Gasteiger partial charge < -0.3 is 20.8 Å². The maximum Gasteiger partial charge on any atom is 0.0916 e. The van der Waals surface area contributed by atoms with Crippen LogP contribution >= 0.6 is 0 Å². The average molecular weight is 264 g/mol. The van der Waals surface area contributed by atoms with Crippen molar-refractivity contribution in [2.75, 3.05) is 26.2 Å². The van der Waals surface area contributed by atoms with Crippen molar-refractivity contribution in [1.82, 2.24) is 4.90 Å². The standard InChI is InChI=1S/C15H24N2O2/c16-8-12-3-5-14(6-4-12)15(19)10-17-7-1-2-13(9-17)11-18/h3-6,13,15,18-19H,1-2,7-11,16H2. The van der Waals surface area contributed by atoms with Gasteiger partial charge in [-0.1, -0.05) is 24.3 Å². The van der Waals surface area contributed by atoms with Crippen LogP contribution in [0.25, 0.3) is 0 Å². The van der Waals surface area contributed by atoms with Gasteiger partial charge in [0.25, 0.3) is 0 Å². The van der Waals surface area contributed by atoms with Crippen LogP contribution in [0.1, 0.15) is 30.1 Å². The van der Waals surface area contributed by atoms with Gasteiger partial charge in [0.1, 0.15) is 0 Å². The lowest BCUT2D eigenvalue weighted by Crippen LogP contribution is -2.39. The first-order valence-electron chi connectivity index (χ1n) is 7.03. The van der Waals surface area contributed by atoms with E-state index in [4.69, 9.17) is 5.73 Å². The summed E-state index contributed by atoms with van der Waals surface area (Å²) in [6.45, 7) is 3.31. The van der Waals surface area contributed by atoms with Crippen molar-refractivity contribution < 1.29 is 10.2 Å². The van der Waals surface area contributed by atoms with Crippen LogP contribution in [0, 0.1) is 5.92 Å². The van der Waals surface area contributed by atoms with Gasteiger partial charge in [0.2, 0.25) is 0 Å². The van der Waals surface area contributed by atoms with Gasteiger partial charge in [-0.3, -0.25) is 0 Å². The monoisotopic (exact) mass is 264 g/mol. The minimum absolute atomic E-state index is 0.248. The molecule has 4 nitrogen and oxygen atoms in total. The van der Waals surface area contributed by atoms with E-state index in [0.29, 0.717) is 19.0 Å².